The van der Waals surface area contributed by atoms with Gasteiger partial charge < -0.3 is 96.9 Å². The average molecular weight is 1110 g/mol. The first-order valence-corrected chi connectivity index (χ1v) is 23.9. The topological polar surface area (TPSA) is 584 Å². The number of primary amides is 4. The lowest BCUT2D eigenvalue weighted by Crippen LogP contribution is -2.57. The number of aliphatic carboxylic acids is 2. The van der Waals surface area contributed by atoms with Gasteiger partial charge >= 0.3 is 11.9 Å². The minimum Gasteiger partial charge on any atom is -0.481 e. The molecule has 78 heavy (non-hydrogen) atoms. The fourth-order valence-electron chi connectivity index (χ4n) is 6.92. The van der Waals surface area contributed by atoms with E-state index < -0.39 is 200 Å². The molecule has 0 spiro atoms. The van der Waals surface area contributed by atoms with Gasteiger partial charge in [0.1, 0.15) is 48.3 Å². The van der Waals surface area contributed by atoms with Crippen molar-refractivity contribution in [3.63, 3.8) is 0 Å². The zero-order chi connectivity index (χ0) is 59.6. The molecule has 1 rings (SSSR count). The van der Waals surface area contributed by atoms with Gasteiger partial charge in [0.2, 0.25) is 88.6 Å². The summed E-state index contributed by atoms with van der Waals surface area (Å²) in [6, 6.07) is -13.2. The lowest BCUT2D eigenvalue weighted by Gasteiger charge is -2.27. The second-order valence-electron chi connectivity index (χ2n) is 17.7. The molecule has 1 fully saturated rings. The number of carbonyl (C=O) groups excluding carboxylic acids is 15. The normalized spacial score (nSPS) is 15.7. The van der Waals surface area contributed by atoms with Crippen molar-refractivity contribution in [2.45, 2.75) is 139 Å². The predicted octanol–water partition coefficient (Wildman–Crippen LogP) is -10.7. The Labute approximate surface area is 443 Å². The Morgan fingerprint density at radius 1 is 0.462 bits per heavy atom. The fourth-order valence-corrected chi connectivity index (χ4v) is 6.92. The van der Waals surface area contributed by atoms with Crippen LogP contribution in [0.5, 0.6) is 0 Å². The van der Waals surface area contributed by atoms with Crippen molar-refractivity contribution in [3.8, 4) is 0 Å². The highest BCUT2D eigenvalue weighted by molar-refractivity contribution is 5.99. The van der Waals surface area contributed by atoms with E-state index in [9.17, 15) is 91.7 Å². The summed E-state index contributed by atoms with van der Waals surface area (Å²) in [7, 11) is 0. The van der Waals surface area contributed by atoms with Gasteiger partial charge in [-0.15, -0.1) is 0 Å². The van der Waals surface area contributed by atoms with Gasteiger partial charge in [0.15, 0.2) is 0 Å². The van der Waals surface area contributed by atoms with Gasteiger partial charge in [-0.05, 0) is 52.9 Å². The van der Waals surface area contributed by atoms with E-state index in [-0.39, 0.29) is 38.6 Å². The zero-order valence-electron chi connectivity index (χ0n) is 42.8. The maximum Gasteiger partial charge on any atom is 0.326 e. The Morgan fingerprint density at radius 2 is 0.872 bits per heavy atom. The lowest BCUT2D eigenvalue weighted by atomic mass is 10.1. The summed E-state index contributed by atoms with van der Waals surface area (Å²) in [5.74, 6) is -17.7. The summed E-state index contributed by atoms with van der Waals surface area (Å²) in [4.78, 5) is 212. The SMILES string of the molecule is C[C@H](NC(=O)CNC(=O)[C@H](CC(=O)O)NC(=O)CNC(=O)[C@H](CCC(N)=O)NC(=O)[C@H](C)NC(=O)[C@@H](N)CCC(N)=O)C(=O)N[C@@H](CC(N)=O)C(=O)N[C@@H](C)C(=O)NCC(=O)N[C@@H](CCC(N)=O)C(=O)N1CCC[C@H]1C(=O)O. The lowest BCUT2D eigenvalue weighted by molar-refractivity contribution is -0.149. The molecule has 0 saturated carbocycles. The van der Waals surface area contributed by atoms with Crippen LogP contribution >= 0.6 is 0 Å². The summed E-state index contributed by atoms with van der Waals surface area (Å²) >= 11 is 0. The number of nitrogens with two attached hydrogens (primary N) is 5. The Morgan fingerprint density at radius 3 is 1.37 bits per heavy atom. The summed E-state index contributed by atoms with van der Waals surface area (Å²) in [5.41, 5.74) is 26.3. The van der Waals surface area contributed by atoms with Gasteiger partial charge in [-0.25, -0.2) is 4.79 Å². The van der Waals surface area contributed by atoms with Crippen LogP contribution in [0.3, 0.4) is 0 Å². The number of hydrogen-bond donors (Lipinski definition) is 17. The third kappa shape index (κ3) is 25.5. The molecule has 9 atom stereocenters. The maximum absolute atomic E-state index is 13.2. The van der Waals surface area contributed by atoms with Gasteiger partial charge in [-0.1, -0.05) is 0 Å². The quantitative estimate of drug-likeness (QED) is 0.0280. The molecule has 1 aliphatic heterocycles. The van der Waals surface area contributed by atoms with Gasteiger partial charge in [0.05, 0.1) is 38.5 Å². The Kier molecular flexibility index (Phi) is 28.4. The summed E-state index contributed by atoms with van der Waals surface area (Å²) < 4.78 is 0. The Bertz CT molecular complexity index is 2320. The number of carbonyl (C=O) groups is 17. The van der Waals surface area contributed by atoms with Crippen molar-refractivity contribution in [3.05, 3.63) is 0 Å². The molecule has 15 amide bonds. The molecule has 1 saturated heterocycles. The number of amides is 15. The smallest absolute Gasteiger partial charge is 0.326 e. The van der Waals surface area contributed by atoms with Crippen molar-refractivity contribution in [1.29, 1.82) is 0 Å². The number of carboxylic acids is 2. The van der Waals surface area contributed by atoms with Crippen LogP contribution < -0.4 is 81.8 Å². The first-order chi connectivity index (χ1) is 36.3. The highest BCUT2D eigenvalue weighted by atomic mass is 16.4. The van der Waals surface area contributed by atoms with Crippen LogP contribution in [0, 0.1) is 0 Å². The van der Waals surface area contributed by atoms with Gasteiger partial charge in [-0.2, -0.15) is 0 Å². The molecule has 1 heterocycles. The number of carboxylic acid groups (broad SMARTS) is 2. The summed E-state index contributed by atoms with van der Waals surface area (Å²) in [5, 5.41) is 40.7. The van der Waals surface area contributed by atoms with E-state index in [1.807, 2.05) is 10.6 Å². The molecular formula is C43H68N16O19. The number of rotatable bonds is 35. The summed E-state index contributed by atoms with van der Waals surface area (Å²) in [6.07, 6.45) is -3.21. The number of hydrogen-bond acceptors (Lipinski definition) is 18. The van der Waals surface area contributed by atoms with Crippen molar-refractivity contribution in [2.24, 2.45) is 28.7 Å². The molecule has 35 nitrogen and oxygen atoms in total. The molecule has 0 bridgehead atoms. The van der Waals surface area contributed by atoms with Crippen molar-refractivity contribution in [2.75, 3.05) is 26.2 Å². The van der Waals surface area contributed by atoms with E-state index in [0.717, 1.165) is 18.7 Å². The monoisotopic (exact) mass is 1110 g/mol. The van der Waals surface area contributed by atoms with E-state index in [4.69, 9.17) is 28.7 Å². The highest BCUT2D eigenvalue weighted by Gasteiger charge is 2.38. The standard InChI is InChI=1S/C43H68N16O19/c1-18(35(69)49-16-32(65)55-23(8-11-29(47)62)42(76)59-12-4-5-26(59)43(77)78)54-41(75)24(13-30(48)63)58-36(70)19(2)52-31(64)15-51-40(74)25(14-34(67)68)56-33(66)17-50-39(73)22(7-10-28(46)61)57-37(71)20(3)53-38(72)21(44)6-9-27(45)60/h18-26H,4-17,44H2,1-3H3,(H2,45,60)(H2,46,61)(H2,47,62)(H2,48,63)(H,49,69)(H,50,73)(H,51,74)(H,52,64)(H,53,72)(H,54,75)(H,55,65)(H,56,66)(H,57,71)(H,58,70)(H,67,68)(H,77,78)/t18-,19-,20-,21-,22-,23-,24-,25-,26-/m0/s1. The Hall–Kier alpha value is -9.05. The first-order valence-electron chi connectivity index (χ1n) is 23.9. The second-order valence-corrected chi connectivity index (χ2v) is 17.7. The molecular weight excluding hydrogens is 1040 g/mol. The van der Waals surface area contributed by atoms with E-state index in [0.29, 0.717) is 6.42 Å². The van der Waals surface area contributed by atoms with Gasteiger partial charge in [0.25, 0.3) is 0 Å². The predicted molar refractivity (Wildman–Crippen MR) is 261 cm³/mol. The second kappa shape index (κ2) is 33.1. The molecule has 0 aromatic carbocycles. The average Bonchev–Trinajstić information content (AvgIpc) is 3.85. The molecule has 22 N–H and O–H groups in total. The molecule has 434 valence electrons. The molecule has 1 aliphatic rings. The van der Waals surface area contributed by atoms with Crippen LogP contribution in [0.2, 0.25) is 0 Å². The van der Waals surface area contributed by atoms with E-state index >= 15 is 0 Å². The van der Waals surface area contributed by atoms with E-state index in [1.165, 1.54) is 6.92 Å². The van der Waals surface area contributed by atoms with Crippen LogP contribution in [0.25, 0.3) is 0 Å². The van der Waals surface area contributed by atoms with Crippen molar-refractivity contribution >= 4 is 101 Å². The molecule has 35 heteroatoms. The third-order valence-corrected chi connectivity index (χ3v) is 11.1. The van der Waals surface area contributed by atoms with Crippen LogP contribution in [-0.2, 0) is 81.5 Å². The molecule has 0 unspecified atom stereocenters. The van der Waals surface area contributed by atoms with E-state index in [1.54, 1.807) is 0 Å². The largest absolute Gasteiger partial charge is 0.481 e. The third-order valence-electron chi connectivity index (χ3n) is 11.1. The van der Waals surface area contributed by atoms with Crippen molar-refractivity contribution < 1.29 is 91.7 Å². The molecule has 0 radical (unpaired) electrons. The van der Waals surface area contributed by atoms with Gasteiger partial charge in [-0.3, -0.25) is 76.7 Å². The number of nitrogens with zero attached hydrogens (tertiary/aromatic N) is 1. The zero-order valence-corrected chi connectivity index (χ0v) is 42.8. The van der Waals surface area contributed by atoms with Crippen LogP contribution in [-0.4, -0.2) is 196 Å². The van der Waals surface area contributed by atoms with Crippen LogP contribution in [0.4, 0.5) is 0 Å². The number of likely N-dealkylation sites (tertiary alicyclic amines) is 1. The molecule has 0 aromatic heterocycles. The van der Waals surface area contributed by atoms with E-state index in [2.05, 4.69) is 42.5 Å². The fraction of sp³-hybridized carbons (Fsp3) is 0.605. The minimum atomic E-state index is -1.88. The number of nitrogens with one attached hydrogen (secondary N) is 10. The Balaban J connectivity index is 2.84. The maximum atomic E-state index is 13.2. The highest BCUT2D eigenvalue weighted by Crippen LogP contribution is 2.19. The van der Waals surface area contributed by atoms with Gasteiger partial charge in [0, 0.05) is 25.8 Å². The molecule has 0 aliphatic carbocycles. The van der Waals surface area contributed by atoms with Crippen LogP contribution in [0.1, 0.15) is 85.0 Å². The summed E-state index contributed by atoms with van der Waals surface area (Å²) in [6.45, 7) is 0.880. The first kappa shape index (κ1) is 67.0. The minimum absolute atomic E-state index is 0.0717. The van der Waals surface area contributed by atoms with Crippen LogP contribution in [0.15, 0.2) is 0 Å². The van der Waals surface area contributed by atoms with Crippen molar-refractivity contribution in [1.82, 2.24) is 58.1 Å². The molecule has 0 aromatic rings.